The Morgan fingerprint density at radius 2 is 2.00 bits per heavy atom. The molecule has 0 aromatic heterocycles. The lowest BCUT2D eigenvalue weighted by molar-refractivity contribution is 0.280. The fourth-order valence-electron chi connectivity index (χ4n) is 2.68. The zero-order valence-electron chi connectivity index (χ0n) is 11.0. The van der Waals surface area contributed by atoms with Crippen LogP contribution in [-0.2, 0) is 0 Å². The number of aryl methyl sites for hydroxylation is 1. The van der Waals surface area contributed by atoms with E-state index >= 15 is 0 Å². The SMILES string of the molecule is Cc1ccc(F)c(NC2CC(C)CCC2C)c1. The second-order valence-corrected chi connectivity index (χ2v) is 5.63. The number of halogens is 1. The Hall–Kier alpha value is -1.05. The summed E-state index contributed by atoms with van der Waals surface area (Å²) >= 11 is 0. The minimum atomic E-state index is -0.138. The molecule has 1 nitrogen and oxygen atoms in total. The third kappa shape index (κ3) is 2.99. The van der Waals surface area contributed by atoms with Crippen LogP contribution in [0.5, 0.6) is 0 Å². The number of anilines is 1. The molecule has 3 unspecified atom stereocenters. The van der Waals surface area contributed by atoms with Crippen LogP contribution in [0.2, 0.25) is 0 Å². The Kier molecular flexibility index (Phi) is 3.70. The van der Waals surface area contributed by atoms with Gasteiger partial charge in [0.25, 0.3) is 0 Å². The average molecular weight is 235 g/mol. The van der Waals surface area contributed by atoms with E-state index < -0.39 is 0 Å². The van der Waals surface area contributed by atoms with Crippen molar-refractivity contribution in [3.63, 3.8) is 0 Å². The molecule has 1 fully saturated rings. The largest absolute Gasteiger partial charge is 0.380 e. The van der Waals surface area contributed by atoms with Crippen LogP contribution in [0.1, 0.15) is 38.7 Å². The van der Waals surface area contributed by atoms with Crippen LogP contribution in [0.3, 0.4) is 0 Å². The van der Waals surface area contributed by atoms with Crippen molar-refractivity contribution in [1.29, 1.82) is 0 Å². The molecule has 0 radical (unpaired) electrons. The minimum absolute atomic E-state index is 0.138. The summed E-state index contributed by atoms with van der Waals surface area (Å²) in [6.07, 6.45) is 3.69. The molecule has 2 heteroatoms. The lowest BCUT2D eigenvalue weighted by atomic mass is 9.80. The van der Waals surface area contributed by atoms with Gasteiger partial charge < -0.3 is 5.32 Å². The number of hydrogen-bond acceptors (Lipinski definition) is 1. The fraction of sp³-hybridized carbons (Fsp3) is 0.600. The van der Waals surface area contributed by atoms with Crippen molar-refractivity contribution in [2.75, 3.05) is 5.32 Å². The quantitative estimate of drug-likeness (QED) is 0.802. The summed E-state index contributed by atoms with van der Waals surface area (Å²) in [6, 6.07) is 5.68. The Morgan fingerprint density at radius 1 is 1.24 bits per heavy atom. The molecule has 0 bridgehead atoms. The van der Waals surface area contributed by atoms with Gasteiger partial charge in [0.05, 0.1) is 5.69 Å². The van der Waals surface area contributed by atoms with Gasteiger partial charge in [0.15, 0.2) is 0 Å². The van der Waals surface area contributed by atoms with E-state index in [4.69, 9.17) is 0 Å². The van der Waals surface area contributed by atoms with Gasteiger partial charge in [0, 0.05) is 6.04 Å². The first-order valence-corrected chi connectivity index (χ1v) is 6.59. The molecule has 0 heterocycles. The third-order valence-electron chi connectivity index (χ3n) is 3.92. The van der Waals surface area contributed by atoms with Crippen LogP contribution in [-0.4, -0.2) is 6.04 Å². The van der Waals surface area contributed by atoms with E-state index in [9.17, 15) is 4.39 Å². The molecule has 3 atom stereocenters. The van der Waals surface area contributed by atoms with Crippen LogP contribution in [0, 0.1) is 24.6 Å². The van der Waals surface area contributed by atoms with E-state index in [1.54, 1.807) is 6.07 Å². The number of nitrogens with one attached hydrogen (secondary N) is 1. The van der Waals surface area contributed by atoms with Crippen molar-refractivity contribution in [2.45, 2.75) is 46.1 Å². The number of hydrogen-bond donors (Lipinski definition) is 1. The molecular formula is C15H22FN. The van der Waals surface area contributed by atoms with Gasteiger partial charge in [0.2, 0.25) is 0 Å². The maximum absolute atomic E-state index is 13.7. The molecule has 1 aliphatic carbocycles. The minimum Gasteiger partial charge on any atom is -0.380 e. The molecule has 17 heavy (non-hydrogen) atoms. The van der Waals surface area contributed by atoms with E-state index in [1.807, 2.05) is 19.1 Å². The van der Waals surface area contributed by atoms with Crippen LogP contribution < -0.4 is 5.32 Å². The van der Waals surface area contributed by atoms with Gasteiger partial charge in [-0.25, -0.2) is 4.39 Å². The highest BCUT2D eigenvalue weighted by molar-refractivity contribution is 5.48. The standard InChI is InChI=1S/C15H22FN/c1-10-4-6-12(3)14(8-10)17-15-9-11(2)5-7-13(15)16/h5,7,9-10,12,14,17H,4,6,8H2,1-3H3. The van der Waals surface area contributed by atoms with Gasteiger partial charge >= 0.3 is 0 Å². The van der Waals surface area contributed by atoms with Crippen molar-refractivity contribution in [3.05, 3.63) is 29.6 Å². The lowest BCUT2D eigenvalue weighted by Crippen LogP contribution is -2.33. The molecule has 94 valence electrons. The molecule has 1 N–H and O–H groups in total. The molecule has 1 saturated carbocycles. The highest BCUT2D eigenvalue weighted by Gasteiger charge is 2.25. The summed E-state index contributed by atoms with van der Waals surface area (Å²) in [5.74, 6) is 1.24. The molecule has 0 aliphatic heterocycles. The predicted molar refractivity (Wildman–Crippen MR) is 70.7 cm³/mol. The summed E-state index contributed by atoms with van der Waals surface area (Å²) in [5, 5.41) is 3.40. The first-order chi connectivity index (χ1) is 8.06. The summed E-state index contributed by atoms with van der Waals surface area (Å²) in [7, 11) is 0. The van der Waals surface area contributed by atoms with E-state index in [1.165, 1.54) is 12.8 Å². The number of rotatable bonds is 2. The van der Waals surface area contributed by atoms with Gasteiger partial charge in [-0.2, -0.15) is 0 Å². The van der Waals surface area contributed by atoms with E-state index in [0.717, 1.165) is 17.9 Å². The summed E-state index contributed by atoms with van der Waals surface area (Å²) in [6.45, 7) is 6.54. The molecule has 1 aromatic carbocycles. The highest BCUT2D eigenvalue weighted by Crippen LogP contribution is 2.31. The Balaban J connectivity index is 2.11. The van der Waals surface area contributed by atoms with Crippen molar-refractivity contribution < 1.29 is 4.39 Å². The van der Waals surface area contributed by atoms with Crippen LogP contribution in [0.25, 0.3) is 0 Å². The maximum atomic E-state index is 13.7. The van der Waals surface area contributed by atoms with E-state index in [2.05, 4.69) is 19.2 Å². The van der Waals surface area contributed by atoms with Gasteiger partial charge in [0.1, 0.15) is 5.82 Å². The zero-order valence-corrected chi connectivity index (χ0v) is 11.0. The summed E-state index contributed by atoms with van der Waals surface area (Å²) < 4.78 is 13.7. The van der Waals surface area contributed by atoms with Crippen molar-refractivity contribution >= 4 is 5.69 Å². The number of benzene rings is 1. The third-order valence-corrected chi connectivity index (χ3v) is 3.92. The topological polar surface area (TPSA) is 12.0 Å². The Bertz CT molecular complexity index is 389. The Labute approximate surface area is 103 Å². The maximum Gasteiger partial charge on any atom is 0.146 e. The first-order valence-electron chi connectivity index (χ1n) is 6.59. The normalized spacial score (nSPS) is 29.1. The molecule has 0 spiro atoms. The molecule has 1 aliphatic rings. The zero-order chi connectivity index (χ0) is 12.4. The average Bonchev–Trinajstić information content (AvgIpc) is 2.28. The monoisotopic (exact) mass is 235 g/mol. The van der Waals surface area contributed by atoms with Gasteiger partial charge in [-0.05, 0) is 49.3 Å². The fourth-order valence-corrected chi connectivity index (χ4v) is 2.68. The molecule has 1 aromatic rings. The van der Waals surface area contributed by atoms with E-state index in [-0.39, 0.29) is 5.82 Å². The first kappa shape index (κ1) is 12.4. The van der Waals surface area contributed by atoms with Gasteiger partial charge in [-0.3, -0.25) is 0 Å². The smallest absolute Gasteiger partial charge is 0.146 e. The summed E-state index contributed by atoms with van der Waals surface area (Å²) in [4.78, 5) is 0. The molecule has 2 rings (SSSR count). The molecule has 0 amide bonds. The van der Waals surface area contributed by atoms with Crippen LogP contribution in [0.4, 0.5) is 10.1 Å². The van der Waals surface area contributed by atoms with E-state index in [0.29, 0.717) is 17.6 Å². The molecule has 0 saturated heterocycles. The summed E-state index contributed by atoms with van der Waals surface area (Å²) in [5.41, 5.74) is 1.77. The highest BCUT2D eigenvalue weighted by atomic mass is 19.1. The second-order valence-electron chi connectivity index (χ2n) is 5.63. The molecular weight excluding hydrogens is 213 g/mol. The van der Waals surface area contributed by atoms with Gasteiger partial charge in [-0.1, -0.05) is 26.3 Å². The van der Waals surface area contributed by atoms with Gasteiger partial charge in [-0.15, -0.1) is 0 Å². The predicted octanol–water partition coefficient (Wildman–Crippen LogP) is 4.37. The van der Waals surface area contributed by atoms with Crippen LogP contribution >= 0.6 is 0 Å². The van der Waals surface area contributed by atoms with Crippen molar-refractivity contribution in [2.24, 2.45) is 11.8 Å². The second kappa shape index (κ2) is 5.07. The van der Waals surface area contributed by atoms with Crippen molar-refractivity contribution in [1.82, 2.24) is 0 Å². The van der Waals surface area contributed by atoms with Crippen LogP contribution in [0.15, 0.2) is 18.2 Å². The lowest BCUT2D eigenvalue weighted by Gasteiger charge is -2.34. The van der Waals surface area contributed by atoms with Crippen molar-refractivity contribution in [3.8, 4) is 0 Å². The Morgan fingerprint density at radius 3 is 2.76 bits per heavy atom.